The number of benzene rings is 2. The molecule has 1 unspecified atom stereocenters. The van der Waals surface area contributed by atoms with Crippen LogP contribution in [0.1, 0.15) is 32.1 Å². The van der Waals surface area contributed by atoms with Crippen molar-refractivity contribution in [3.05, 3.63) is 48.4 Å². The van der Waals surface area contributed by atoms with Gasteiger partial charge in [0.15, 0.2) is 5.82 Å². The van der Waals surface area contributed by atoms with Crippen molar-refractivity contribution in [2.75, 3.05) is 38.2 Å². The molecule has 2 bridgehead atoms. The summed E-state index contributed by atoms with van der Waals surface area (Å²) in [6, 6.07) is 12.3. The number of fused-ring (bicyclic) bond motifs is 4. The molecule has 0 aliphatic carbocycles. The van der Waals surface area contributed by atoms with Gasteiger partial charge in [0.1, 0.15) is 22.8 Å². The van der Waals surface area contributed by atoms with Gasteiger partial charge in [0.25, 0.3) is 0 Å². The van der Waals surface area contributed by atoms with Gasteiger partial charge in [0.05, 0.1) is 12.0 Å². The number of halogens is 1. The summed E-state index contributed by atoms with van der Waals surface area (Å²) in [4.78, 5) is 18.6. The molecular formula is C30H33FN6O2. The lowest BCUT2D eigenvalue weighted by Gasteiger charge is -2.34. The predicted molar refractivity (Wildman–Crippen MR) is 150 cm³/mol. The molecule has 0 radical (unpaired) electrons. The maximum absolute atomic E-state index is 16.4. The fourth-order valence-corrected chi connectivity index (χ4v) is 6.61. The number of pyridine rings is 1. The van der Waals surface area contributed by atoms with E-state index in [0.29, 0.717) is 41.5 Å². The molecule has 5 heterocycles. The maximum Gasteiger partial charge on any atom is 0.319 e. The maximum atomic E-state index is 16.4. The molecule has 3 atom stereocenters. The second kappa shape index (κ2) is 9.88. The van der Waals surface area contributed by atoms with Crippen LogP contribution >= 0.6 is 0 Å². The molecule has 0 spiro atoms. The highest BCUT2D eigenvalue weighted by Crippen LogP contribution is 2.37. The van der Waals surface area contributed by atoms with Crippen LogP contribution in [0.4, 0.5) is 10.2 Å². The first kappa shape index (κ1) is 24.5. The molecule has 4 aromatic rings. The monoisotopic (exact) mass is 528 g/mol. The van der Waals surface area contributed by atoms with Gasteiger partial charge in [0, 0.05) is 43.0 Å². The minimum Gasteiger partial charge on any atom is -0.508 e. The zero-order valence-electron chi connectivity index (χ0n) is 22.1. The van der Waals surface area contributed by atoms with E-state index in [1.54, 1.807) is 18.3 Å². The number of ether oxygens (including phenoxy) is 1. The molecule has 3 fully saturated rings. The third kappa shape index (κ3) is 4.53. The van der Waals surface area contributed by atoms with E-state index in [9.17, 15) is 5.11 Å². The number of nitrogens with one attached hydrogen (secondary N) is 1. The van der Waals surface area contributed by atoms with Crippen molar-refractivity contribution in [1.29, 1.82) is 0 Å². The first-order valence-electron chi connectivity index (χ1n) is 14.0. The highest BCUT2D eigenvalue weighted by atomic mass is 19.1. The van der Waals surface area contributed by atoms with E-state index >= 15 is 4.39 Å². The van der Waals surface area contributed by atoms with Crippen molar-refractivity contribution in [1.82, 2.24) is 25.2 Å². The number of hydrogen-bond donors (Lipinski definition) is 2. The number of rotatable bonds is 6. The smallest absolute Gasteiger partial charge is 0.319 e. The molecule has 8 nitrogen and oxygen atoms in total. The molecule has 9 heteroatoms. The van der Waals surface area contributed by atoms with Crippen LogP contribution in [0, 0.1) is 5.82 Å². The van der Waals surface area contributed by atoms with Gasteiger partial charge in [0.2, 0.25) is 0 Å². The van der Waals surface area contributed by atoms with Crippen LogP contribution in [-0.4, -0.2) is 76.4 Å². The van der Waals surface area contributed by atoms with Crippen molar-refractivity contribution in [2.24, 2.45) is 0 Å². The normalized spacial score (nSPS) is 23.2. The number of aromatic hydroxyl groups is 1. The van der Waals surface area contributed by atoms with E-state index in [0.717, 1.165) is 56.1 Å². The van der Waals surface area contributed by atoms with Gasteiger partial charge in [-0.05, 0) is 68.6 Å². The molecule has 0 saturated carbocycles. The summed E-state index contributed by atoms with van der Waals surface area (Å²) >= 11 is 0. The molecule has 202 valence electrons. The van der Waals surface area contributed by atoms with Gasteiger partial charge in [-0.1, -0.05) is 24.3 Å². The highest BCUT2D eigenvalue weighted by Gasteiger charge is 2.34. The Bertz CT molecular complexity index is 1540. The number of piperazine rings is 1. The molecule has 39 heavy (non-hydrogen) atoms. The molecular weight excluding hydrogens is 495 g/mol. The third-order valence-corrected chi connectivity index (χ3v) is 8.62. The molecule has 2 aromatic heterocycles. The standard InChI is InChI=1S/C30H33FN6O2/c1-36-11-4-6-21(36)10-12-39-30-34-28-25(29(35-30)37-16-19-8-9-20(17-37)33-19)15-32-27(26(28)31)24-14-22(38)13-18-5-2-3-7-23(18)24/h2-3,5,7,13-15,19-21,33,38H,4,6,8-12,16-17H2,1H3/t19-,20+,21?. The second-order valence-electron chi connectivity index (χ2n) is 11.2. The fourth-order valence-electron chi connectivity index (χ4n) is 6.61. The van der Waals surface area contributed by atoms with Gasteiger partial charge < -0.3 is 25.0 Å². The molecule has 7 rings (SSSR count). The zero-order chi connectivity index (χ0) is 26.5. The predicted octanol–water partition coefficient (Wildman–Crippen LogP) is 4.49. The van der Waals surface area contributed by atoms with Crippen molar-refractivity contribution < 1.29 is 14.2 Å². The zero-order valence-corrected chi connectivity index (χ0v) is 22.1. The summed E-state index contributed by atoms with van der Waals surface area (Å²) in [6.45, 7) is 3.19. The summed E-state index contributed by atoms with van der Waals surface area (Å²) in [6.07, 6.45) is 7.17. The van der Waals surface area contributed by atoms with Crippen LogP contribution in [0.5, 0.6) is 11.8 Å². The van der Waals surface area contributed by atoms with Gasteiger partial charge in [-0.15, -0.1) is 0 Å². The van der Waals surface area contributed by atoms with Gasteiger partial charge >= 0.3 is 6.01 Å². The Labute approximate surface area is 226 Å². The van der Waals surface area contributed by atoms with Crippen LogP contribution in [-0.2, 0) is 0 Å². The Morgan fingerprint density at radius 2 is 1.90 bits per heavy atom. The number of aromatic nitrogens is 3. The quantitative estimate of drug-likeness (QED) is 0.379. The Kier molecular flexibility index (Phi) is 6.20. The van der Waals surface area contributed by atoms with E-state index in [1.165, 1.54) is 6.42 Å². The number of nitrogens with zero attached hydrogens (tertiary/aromatic N) is 5. The van der Waals surface area contributed by atoms with Crippen molar-refractivity contribution in [3.8, 4) is 23.0 Å². The first-order chi connectivity index (χ1) is 19.0. The Balaban J connectivity index is 1.31. The Morgan fingerprint density at radius 1 is 1.08 bits per heavy atom. The number of likely N-dealkylation sites (tertiary alicyclic amines) is 1. The van der Waals surface area contributed by atoms with Gasteiger partial charge in [-0.2, -0.15) is 9.97 Å². The molecule has 2 N–H and O–H groups in total. The topological polar surface area (TPSA) is 86.6 Å². The van der Waals surface area contributed by atoms with Crippen LogP contribution < -0.4 is 15.0 Å². The number of phenolic OH excluding ortho intramolecular Hbond substituents is 1. The van der Waals surface area contributed by atoms with Crippen LogP contribution in [0.3, 0.4) is 0 Å². The lowest BCUT2D eigenvalue weighted by Crippen LogP contribution is -2.51. The summed E-state index contributed by atoms with van der Waals surface area (Å²) in [5, 5.41) is 16.2. The Hall–Kier alpha value is -3.56. The molecule has 3 aliphatic heterocycles. The second-order valence-corrected chi connectivity index (χ2v) is 11.2. The minimum absolute atomic E-state index is 0.0607. The highest BCUT2D eigenvalue weighted by molar-refractivity contribution is 5.99. The van der Waals surface area contributed by atoms with E-state index in [2.05, 4.69) is 32.1 Å². The van der Waals surface area contributed by atoms with Crippen molar-refractivity contribution >= 4 is 27.5 Å². The van der Waals surface area contributed by atoms with Gasteiger partial charge in [-0.25, -0.2) is 4.39 Å². The van der Waals surface area contributed by atoms with Crippen LogP contribution in [0.15, 0.2) is 42.6 Å². The molecule has 0 amide bonds. The van der Waals surface area contributed by atoms with Crippen molar-refractivity contribution in [3.63, 3.8) is 0 Å². The average Bonchev–Trinajstić information content (AvgIpc) is 3.51. The lowest BCUT2D eigenvalue weighted by molar-refractivity contribution is 0.223. The van der Waals surface area contributed by atoms with E-state index in [1.807, 2.05) is 24.3 Å². The minimum atomic E-state index is -0.537. The summed E-state index contributed by atoms with van der Waals surface area (Å²) < 4.78 is 22.5. The molecule has 2 aromatic carbocycles. The first-order valence-corrected chi connectivity index (χ1v) is 14.0. The van der Waals surface area contributed by atoms with E-state index in [-0.39, 0.29) is 23.0 Å². The summed E-state index contributed by atoms with van der Waals surface area (Å²) in [5.41, 5.74) is 0.867. The number of hydrogen-bond acceptors (Lipinski definition) is 8. The van der Waals surface area contributed by atoms with Gasteiger partial charge in [-0.3, -0.25) is 4.98 Å². The lowest BCUT2D eigenvalue weighted by atomic mass is 10.0. The largest absolute Gasteiger partial charge is 0.508 e. The van der Waals surface area contributed by atoms with E-state index < -0.39 is 5.82 Å². The van der Waals surface area contributed by atoms with Crippen LogP contribution in [0.25, 0.3) is 32.9 Å². The fraction of sp³-hybridized carbons (Fsp3) is 0.433. The molecule has 3 saturated heterocycles. The SMILES string of the molecule is CN1CCCC1CCOc1nc(N2C[C@H]3CC[C@@H](C2)N3)c2cnc(-c3cc(O)cc4ccccc34)c(F)c2n1. The average molecular weight is 529 g/mol. The van der Waals surface area contributed by atoms with E-state index in [4.69, 9.17) is 9.72 Å². The number of phenols is 1. The Morgan fingerprint density at radius 3 is 2.69 bits per heavy atom. The number of anilines is 1. The van der Waals surface area contributed by atoms with Crippen LogP contribution in [0.2, 0.25) is 0 Å². The molecule has 3 aliphatic rings. The summed E-state index contributed by atoms with van der Waals surface area (Å²) in [7, 11) is 2.15. The summed E-state index contributed by atoms with van der Waals surface area (Å²) in [5.74, 6) is 0.195. The third-order valence-electron chi connectivity index (χ3n) is 8.62. The van der Waals surface area contributed by atoms with Crippen molar-refractivity contribution in [2.45, 2.75) is 50.2 Å².